The van der Waals surface area contributed by atoms with E-state index in [0.29, 0.717) is 0 Å². The summed E-state index contributed by atoms with van der Waals surface area (Å²) in [7, 11) is 0. The fourth-order valence-electron chi connectivity index (χ4n) is 2.46. The van der Waals surface area contributed by atoms with E-state index < -0.39 is 11.6 Å². The molecule has 0 amide bonds. The van der Waals surface area contributed by atoms with E-state index in [4.69, 9.17) is 0 Å². The first-order valence-electron chi connectivity index (χ1n) is 5.71. The Morgan fingerprint density at radius 1 is 0.938 bits per heavy atom. The summed E-state index contributed by atoms with van der Waals surface area (Å²) in [5.41, 5.74) is 0.717. The summed E-state index contributed by atoms with van der Waals surface area (Å²) < 4.78 is 38.5. The lowest BCUT2D eigenvalue weighted by Crippen LogP contribution is -2.14. The predicted octanol–water partition coefficient (Wildman–Crippen LogP) is 4.21. The van der Waals surface area contributed by atoms with Gasteiger partial charge in [0.25, 0.3) is 0 Å². The Bertz CT molecular complexity index is 334. The third-order valence-electron chi connectivity index (χ3n) is 3.42. The quantitative estimate of drug-likeness (QED) is 0.711. The first-order valence-corrected chi connectivity index (χ1v) is 5.71. The van der Waals surface area contributed by atoms with E-state index >= 15 is 0 Å². The van der Waals surface area contributed by atoms with Crippen molar-refractivity contribution in [2.75, 3.05) is 6.67 Å². The Labute approximate surface area is 93.5 Å². The maximum absolute atomic E-state index is 13.0. The lowest BCUT2D eigenvalue weighted by Gasteiger charge is -2.27. The van der Waals surface area contributed by atoms with Crippen LogP contribution in [0.1, 0.15) is 37.2 Å². The molecule has 0 aromatic heterocycles. The molecule has 0 unspecified atom stereocenters. The van der Waals surface area contributed by atoms with Crippen LogP contribution >= 0.6 is 0 Å². The molecule has 0 atom stereocenters. The van der Waals surface area contributed by atoms with E-state index in [9.17, 15) is 13.2 Å². The molecule has 3 heteroatoms. The van der Waals surface area contributed by atoms with Gasteiger partial charge in [-0.3, -0.25) is 4.39 Å². The Morgan fingerprint density at radius 2 is 1.50 bits per heavy atom. The van der Waals surface area contributed by atoms with E-state index in [1.54, 1.807) is 0 Å². The van der Waals surface area contributed by atoms with Crippen LogP contribution in [0, 0.1) is 17.6 Å². The van der Waals surface area contributed by atoms with Gasteiger partial charge in [0, 0.05) is 6.07 Å². The van der Waals surface area contributed by atoms with E-state index in [0.717, 1.165) is 37.3 Å². The van der Waals surface area contributed by atoms with Gasteiger partial charge >= 0.3 is 0 Å². The van der Waals surface area contributed by atoms with Crippen LogP contribution in [-0.2, 0) is 0 Å². The molecular formula is C13H15F3. The van der Waals surface area contributed by atoms with Crippen LogP contribution in [-0.4, -0.2) is 6.67 Å². The van der Waals surface area contributed by atoms with Gasteiger partial charge in [0.15, 0.2) is 0 Å². The van der Waals surface area contributed by atoms with E-state index in [1.807, 2.05) is 0 Å². The van der Waals surface area contributed by atoms with Crippen molar-refractivity contribution in [3.63, 3.8) is 0 Å². The molecule has 0 aliphatic heterocycles. The molecule has 0 N–H and O–H groups in total. The van der Waals surface area contributed by atoms with Crippen LogP contribution < -0.4 is 0 Å². The summed E-state index contributed by atoms with van der Waals surface area (Å²) in [6, 6.07) is 3.67. The maximum atomic E-state index is 13.0. The maximum Gasteiger partial charge on any atom is 0.126 e. The molecule has 0 bridgehead atoms. The molecule has 0 spiro atoms. The molecule has 0 radical (unpaired) electrons. The minimum atomic E-state index is -0.525. The summed E-state index contributed by atoms with van der Waals surface area (Å²) in [6.45, 7) is -0.274. The van der Waals surface area contributed by atoms with Gasteiger partial charge in [-0.05, 0) is 55.2 Å². The van der Waals surface area contributed by atoms with Gasteiger partial charge in [0.1, 0.15) is 11.6 Å². The van der Waals surface area contributed by atoms with Gasteiger partial charge in [-0.1, -0.05) is 0 Å². The van der Waals surface area contributed by atoms with Crippen molar-refractivity contribution in [3.8, 4) is 0 Å². The Kier molecular flexibility index (Phi) is 3.52. The van der Waals surface area contributed by atoms with Crippen molar-refractivity contribution in [1.82, 2.24) is 0 Å². The third-order valence-corrected chi connectivity index (χ3v) is 3.42. The number of rotatable bonds is 2. The molecular weight excluding hydrogens is 213 g/mol. The summed E-state index contributed by atoms with van der Waals surface area (Å²) in [4.78, 5) is 0. The molecule has 1 aromatic rings. The molecule has 0 saturated heterocycles. The highest BCUT2D eigenvalue weighted by Gasteiger charge is 2.22. The van der Waals surface area contributed by atoms with Crippen molar-refractivity contribution in [2.45, 2.75) is 31.6 Å². The average Bonchev–Trinajstić information content (AvgIpc) is 2.28. The first-order chi connectivity index (χ1) is 7.69. The van der Waals surface area contributed by atoms with Crippen molar-refractivity contribution in [3.05, 3.63) is 35.4 Å². The highest BCUT2D eigenvalue weighted by molar-refractivity contribution is 5.22. The SMILES string of the molecule is FCC1CCC(c2cc(F)cc(F)c2)CC1. The minimum Gasteiger partial charge on any atom is -0.251 e. The fourth-order valence-corrected chi connectivity index (χ4v) is 2.46. The van der Waals surface area contributed by atoms with Gasteiger partial charge in [0.2, 0.25) is 0 Å². The van der Waals surface area contributed by atoms with Crippen molar-refractivity contribution in [2.24, 2.45) is 5.92 Å². The van der Waals surface area contributed by atoms with Crippen LogP contribution in [0.15, 0.2) is 18.2 Å². The standard InChI is InChI=1S/C13H15F3/c14-8-9-1-3-10(4-2-9)11-5-12(15)7-13(16)6-11/h5-7,9-10H,1-4,8H2. The van der Waals surface area contributed by atoms with Crippen LogP contribution in [0.2, 0.25) is 0 Å². The van der Waals surface area contributed by atoms with Crippen LogP contribution in [0.25, 0.3) is 0 Å². The van der Waals surface area contributed by atoms with Gasteiger partial charge < -0.3 is 0 Å². The zero-order valence-electron chi connectivity index (χ0n) is 9.06. The number of alkyl halides is 1. The monoisotopic (exact) mass is 228 g/mol. The Hall–Kier alpha value is -0.990. The topological polar surface area (TPSA) is 0 Å². The molecule has 1 saturated carbocycles. The van der Waals surface area contributed by atoms with Crippen LogP contribution in [0.4, 0.5) is 13.2 Å². The molecule has 2 rings (SSSR count). The highest BCUT2D eigenvalue weighted by Crippen LogP contribution is 2.36. The Morgan fingerprint density at radius 3 is 2.00 bits per heavy atom. The van der Waals surface area contributed by atoms with Crippen molar-refractivity contribution < 1.29 is 13.2 Å². The zero-order chi connectivity index (χ0) is 11.5. The lowest BCUT2D eigenvalue weighted by atomic mass is 9.79. The minimum absolute atomic E-state index is 0.148. The smallest absolute Gasteiger partial charge is 0.126 e. The molecule has 1 fully saturated rings. The molecule has 88 valence electrons. The summed E-state index contributed by atoms with van der Waals surface area (Å²) in [6.07, 6.45) is 3.30. The molecule has 1 aliphatic carbocycles. The second kappa shape index (κ2) is 4.89. The van der Waals surface area contributed by atoms with Gasteiger partial charge in [-0.25, -0.2) is 8.78 Å². The molecule has 0 heterocycles. The van der Waals surface area contributed by atoms with E-state index in [1.165, 1.54) is 12.1 Å². The number of hydrogen-bond donors (Lipinski definition) is 0. The average molecular weight is 228 g/mol. The molecule has 16 heavy (non-hydrogen) atoms. The van der Waals surface area contributed by atoms with E-state index in [2.05, 4.69) is 0 Å². The predicted molar refractivity (Wildman–Crippen MR) is 57.0 cm³/mol. The van der Waals surface area contributed by atoms with Gasteiger partial charge in [-0.2, -0.15) is 0 Å². The fraction of sp³-hybridized carbons (Fsp3) is 0.538. The van der Waals surface area contributed by atoms with Crippen molar-refractivity contribution >= 4 is 0 Å². The second-order valence-corrected chi connectivity index (χ2v) is 4.57. The van der Waals surface area contributed by atoms with Gasteiger partial charge in [0.05, 0.1) is 6.67 Å². The zero-order valence-corrected chi connectivity index (χ0v) is 9.06. The van der Waals surface area contributed by atoms with Crippen molar-refractivity contribution in [1.29, 1.82) is 0 Å². The number of hydrogen-bond acceptors (Lipinski definition) is 0. The summed E-state index contributed by atoms with van der Waals surface area (Å²) in [5.74, 6) is -0.715. The normalized spacial score (nSPS) is 25.7. The molecule has 1 aliphatic rings. The first kappa shape index (κ1) is 11.5. The number of benzene rings is 1. The Balaban J connectivity index is 2.08. The second-order valence-electron chi connectivity index (χ2n) is 4.57. The van der Waals surface area contributed by atoms with Crippen LogP contribution in [0.5, 0.6) is 0 Å². The largest absolute Gasteiger partial charge is 0.251 e. The lowest BCUT2D eigenvalue weighted by molar-refractivity contribution is 0.263. The number of halogens is 3. The highest BCUT2D eigenvalue weighted by atomic mass is 19.1. The van der Waals surface area contributed by atoms with E-state index in [-0.39, 0.29) is 18.5 Å². The molecule has 1 aromatic carbocycles. The van der Waals surface area contributed by atoms with Gasteiger partial charge in [-0.15, -0.1) is 0 Å². The summed E-state index contributed by atoms with van der Waals surface area (Å²) >= 11 is 0. The van der Waals surface area contributed by atoms with Crippen LogP contribution in [0.3, 0.4) is 0 Å². The third kappa shape index (κ3) is 2.57. The molecule has 0 nitrogen and oxygen atoms in total. The summed E-state index contributed by atoms with van der Waals surface area (Å²) in [5, 5.41) is 0.